The molecular weight excluding hydrogens is 246 g/mol. The monoisotopic (exact) mass is 257 g/mol. The van der Waals surface area contributed by atoms with Crippen molar-refractivity contribution in [2.75, 3.05) is 5.73 Å². The van der Waals surface area contributed by atoms with Gasteiger partial charge < -0.3 is 16.2 Å². The second kappa shape index (κ2) is 5.30. The van der Waals surface area contributed by atoms with Gasteiger partial charge in [-0.05, 0) is 18.4 Å². The maximum absolute atomic E-state index is 11.5. The molecular formula is C9H11N3O4S. The quantitative estimate of drug-likeness (QED) is 0.661. The van der Waals surface area contributed by atoms with Gasteiger partial charge in [-0.2, -0.15) is 0 Å². The second-order valence-electron chi connectivity index (χ2n) is 3.11. The first kappa shape index (κ1) is 13.0. The van der Waals surface area contributed by atoms with Gasteiger partial charge in [0.2, 0.25) is 0 Å². The molecule has 0 spiro atoms. The summed E-state index contributed by atoms with van der Waals surface area (Å²) < 4.78 is 4.81. The van der Waals surface area contributed by atoms with E-state index in [9.17, 15) is 14.4 Å². The highest BCUT2D eigenvalue weighted by Gasteiger charge is 2.21. The van der Waals surface area contributed by atoms with Gasteiger partial charge in [-0.15, -0.1) is 11.3 Å². The van der Waals surface area contributed by atoms with Crippen molar-refractivity contribution in [2.45, 2.75) is 13.0 Å². The highest BCUT2D eigenvalue weighted by Crippen LogP contribution is 2.20. The number of nitrogens with two attached hydrogens (primary N) is 2. The number of rotatable bonds is 3. The molecule has 1 atom stereocenters. The van der Waals surface area contributed by atoms with Crippen molar-refractivity contribution in [3.63, 3.8) is 0 Å². The number of anilines is 1. The number of primary amides is 1. The Bertz CT molecular complexity index is 457. The van der Waals surface area contributed by atoms with Crippen molar-refractivity contribution in [1.82, 2.24) is 5.32 Å². The first-order valence-corrected chi connectivity index (χ1v) is 5.44. The van der Waals surface area contributed by atoms with Crippen LogP contribution in [0.1, 0.15) is 16.6 Å². The van der Waals surface area contributed by atoms with Crippen molar-refractivity contribution < 1.29 is 19.1 Å². The first-order valence-electron chi connectivity index (χ1n) is 4.56. The van der Waals surface area contributed by atoms with Crippen LogP contribution in [0.5, 0.6) is 0 Å². The number of ether oxygens (including phenoxy) is 1. The number of imide groups is 1. The lowest BCUT2D eigenvalue weighted by atomic mass is 10.3. The maximum Gasteiger partial charge on any atom is 0.351 e. The van der Waals surface area contributed by atoms with Crippen molar-refractivity contribution in [1.29, 1.82) is 0 Å². The van der Waals surface area contributed by atoms with Crippen LogP contribution >= 0.6 is 11.3 Å². The number of amides is 3. The smallest absolute Gasteiger partial charge is 0.351 e. The van der Waals surface area contributed by atoms with Gasteiger partial charge in [0, 0.05) is 0 Å². The number of thiophene rings is 1. The van der Waals surface area contributed by atoms with Gasteiger partial charge in [-0.1, -0.05) is 0 Å². The Morgan fingerprint density at radius 3 is 2.59 bits per heavy atom. The van der Waals surface area contributed by atoms with Crippen molar-refractivity contribution in [3.05, 3.63) is 16.3 Å². The topological polar surface area (TPSA) is 125 Å². The lowest BCUT2D eigenvalue weighted by molar-refractivity contribution is -0.127. The largest absolute Gasteiger partial charge is 0.448 e. The van der Waals surface area contributed by atoms with E-state index in [2.05, 4.69) is 0 Å². The van der Waals surface area contributed by atoms with Crippen LogP contribution in [0.4, 0.5) is 10.5 Å². The van der Waals surface area contributed by atoms with Crippen LogP contribution in [0.25, 0.3) is 0 Å². The van der Waals surface area contributed by atoms with Crippen LogP contribution in [0.2, 0.25) is 0 Å². The molecule has 1 unspecified atom stereocenters. The van der Waals surface area contributed by atoms with Crippen LogP contribution in [0.3, 0.4) is 0 Å². The zero-order valence-corrected chi connectivity index (χ0v) is 9.74. The van der Waals surface area contributed by atoms with Gasteiger partial charge >= 0.3 is 12.0 Å². The summed E-state index contributed by atoms with van der Waals surface area (Å²) >= 11 is 1.10. The average Bonchev–Trinajstić information content (AvgIpc) is 2.63. The summed E-state index contributed by atoms with van der Waals surface area (Å²) in [5, 5.41) is 3.43. The minimum atomic E-state index is -1.13. The molecule has 1 rings (SSSR count). The van der Waals surface area contributed by atoms with E-state index in [4.69, 9.17) is 16.2 Å². The minimum absolute atomic E-state index is 0.212. The molecule has 17 heavy (non-hydrogen) atoms. The first-order chi connectivity index (χ1) is 7.91. The molecule has 0 aliphatic heterocycles. The number of nitrogens with one attached hydrogen (secondary N) is 1. The van der Waals surface area contributed by atoms with Crippen LogP contribution < -0.4 is 16.8 Å². The molecule has 1 heterocycles. The standard InChI is InChI=1S/C9H11N3O4S/c1-4(7(13)12-9(11)15)16-8(14)6-5(10)2-3-17-6/h2-4H,10H2,1H3,(H3,11,12,13,15). The van der Waals surface area contributed by atoms with Crippen molar-refractivity contribution in [3.8, 4) is 0 Å². The Morgan fingerprint density at radius 2 is 2.12 bits per heavy atom. The van der Waals surface area contributed by atoms with E-state index >= 15 is 0 Å². The molecule has 0 fully saturated rings. The minimum Gasteiger partial charge on any atom is -0.448 e. The van der Waals surface area contributed by atoms with Gasteiger partial charge in [0.15, 0.2) is 6.10 Å². The number of carbonyl (C=O) groups is 3. The van der Waals surface area contributed by atoms with Gasteiger partial charge in [0.05, 0.1) is 5.69 Å². The number of hydrogen-bond acceptors (Lipinski definition) is 6. The van der Waals surface area contributed by atoms with E-state index in [0.717, 1.165) is 11.3 Å². The zero-order valence-electron chi connectivity index (χ0n) is 8.93. The molecule has 7 nitrogen and oxygen atoms in total. The molecule has 3 amide bonds. The number of urea groups is 1. The van der Waals surface area contributed by atoms with Crippen molar-refractivity contribution in [2.24, 2.45) is 5.73 Å². The molecule has 8 heteroatoms. The third kappa shape index (κ3) is 3.45. The van der Waals surface area contributed by atoms with Crippen LogP contribution in [0, 0.1) is 0 Å². The molecule has 0 aliphatic carbocycles. The fourth-order valence-corrected chi connectivity index (χ4v) is 1.67. The van der Waals surface area contributed by atoms with E-state index in [0.29, 0.717) is 0 Å². The molecule has 1 aromatic rings. The molecule has 0 radical (unpaired) electrons. The van der Waals surface area contributed by atoms with Crippen LogP contribution in [0.15, 0.2) is 11.4 Å². The number of esters is 1. The van der Waals surface area contributed by atoms with E-state index in [1.807, 2.05) is 0 Å². The Kier molecular flexibility index (Phi) is 4.05. The van der Waals surface area contributed by atoms with Gasteiger partial charge in [-0.3, -0.25) is 10.1 Å². The Labute approximate surface area is 101 Å². The number of hydrogen-bond donors (Lipinski definition) is 3. The zero-order chi connectivity index (χ0) is 13.0. The SMILES string of the molecule is CC(OC(=O)c1sccc1N)C(=O)NC(N)=O. The molecule has 5 N–H and O–H groups in total. The predicted molar refractivity (Wildman–Crippen MR) is 61.3 cm³/mol. The molecule has 92 valence electrons. The molecule has 0 aliphatic rings. The van der Waals surface area contributed by atoms with E-state index in [-0.39, 0.29) is 10.6 Å². The Morgan fingerprint density at radius 1 is 1.47 bits per heavy atom. The second-order valence-corrected chi connectivity index (χ2v) is 4.02. The van der Waals surface area contributed by atoms with E-state index in [1.165, 1.54) is 6.92 Å². The molecule has 0 saturated heterocycles. The highest BCUT2D eigenvalue weighted by molar-refractivity contribution is 7.12. The van der Waals surface area contributed by atoms with Gasteiger partial charge in [-0.25, -0.2) is 9.59 Å². The fraction of sp³-hybridized carbons (Fsp3) is 0.222. The van der Waals surface area contributed by atoms with Gasteiger partial charge in [0.1, 0.15) is 4.88 Å². The average molecular weight is 257 g/mol. The van der Waals surface area contributed by atoms with Crippen molar-refractivity contribution >= 4 is 34.9 Å². The summed E-state index contributed by atoms with van der Waals surface area (Å²) in [7, 11) is 0. The lowest BCUT2D eigenvalue weighted by Gasteiger charge is -2.11. The molecule has 1 aromatic heterocycles. The number of nitrogen functional groups attached to an aromatic ring is 1. The number of carbonyl (C=O) groups excluding carboxylic acids is 3. The highest BCUT2D eigenvalue weighted by atomic mass is 32.1. The summed E-state index contributed by atoms with van der Waals surface area (Å²) in [6.07, 6.45) is -1.13. The maximum atomic E-state index is 11.5. The van der Waals surface area contributed by atoms with Crippen LogP contribution in [-0.4, -0.2) is 24.0 Å². The Hall–Kier alpha value is -2.09. The molecule has 0 bridgehead atoms. The molecule has 0 aromatic carbocycles. The third-order valence-corrected chi connectivity index (χ3v) is 2.69. The summed E-state index contributed by atoms with van der Waals surface area (Å²) in [6, 6.07) is 0.545. The van der Waals surface area contributed by atoms with E-state index in [1.54, 1.807) is 16.8 Å². The summed E-state index contributed by atoms with van der Waals surface area (Å²) in [5.74, 6) is -1.51. The fourth-order valence-electron chi connectivity index (χ4n) is 0.976. The molecule has 0 saturated carbocycles. The predicted octanol–water partition coefficient (Wildman–Crippen LogP) is 0.0705. The third-order valence-electron chi connectivity index (χ3n) is 1.78. The van der Waals surface area contributed by atoms with Crippen LogP contribution in [-0.2, 0) is 9.53 Å². The lowest BCUT2D eigenvalue weighted by Crippen LogP contribution is -2.42. The van der Waals surface area contributed by atoms with Gasteiger partial charge in [0.25, 0.3) is 5.91 Å². The summed E-state index contributed by atoms with van der Waals surface area (Å²) in [5.41, 5.74) is 10.5. The summed E-state index contributed by atoms with van der Waals surface area (Å²) in [4.78, 5) is 33.4. The van der Waals surface area contributed by atoms with E-state index < -0.39 is 24.0 Å². The Balaban J connectivity index is 2.60. The summed E-state index contributed by atoms with van der Waals surface area (Å²) in [6.45, 7) is 1.32. The normalized spacial score (nSPS) is 11.6.